The fourth-order valence-corrected chi connectivity index (χ4v) is 2.64. The van der Waals surface area contributed by atoms with Gasteiger partial charge < -0.3 is 9.47 Å². The lowest BCUT2D eigenvalue weighted by Crippen LogP contribution is -1.98. The smallest absolute Gasteiger partial charge is 0.128 e. The SMILES string of the molecule is [CH]=Cc1cc(OCCCCCCCCCCCC)[c]cc1OC. The number of unbranched alkanes of at least 4 members (excludes halogenated alkanes) is 9. The highest BCUT2D eigenvalue weighted by molar-refractivity contribution is 5.57. The van der Waals surface area contributed by atoms with Gasteiger partial charge in [0.1, 0.15) is 11.5 Å². The maximum atomic E-state index is 5.73. The van der Waals surface area contributed by atoms with Gasteiger partial charge in [0.2, 0.25) is 0 Å². The normalized spacial score (nSPS) is 10.5. The van der Waals surface area contributed by atoms with Crippen molar-refractivity contribution in [1.82, 2.24) is 0 Å². The molecule has 0 saturated carbocycles. The summed E-state index contributed by atoms with van der Waals surface area (Å²) in [7, 11) is 1.63. The highest BCUT2D eigenvalue weighted by Gasteiger charge is 2.02. The zero-order valence-corrected chi connectivity index (χ0v) is 14.9. The lowest BCUT2D eigenvalue weighted by atomic mass is 10.1. The molecule has 0 aliphatic heterocycles. The van der Waals surface area contributed by atoms with E-state index >= 15 is 0 Å². The summed E-state index contributed by atoms with van der Waals surface area (Å²) >= 11 is 0. The number of benzene rings is 1. The predicted molar refractivity (Wildman–Crippen MR) is 97.9 cm³/mol. The quantitative estimate of drug-likeness (QED) is 0.378. The van der Waals surface area contributed by atoms with Crippen LogP contribution in [-0.4, -0.2) is 13.7 Å². The van der Waals surface area contributed by atoms with Crippen LogP contribution in [0.4, 0.5) is 0 Å². The maximum absolute atomic E-state index is 5.73. The van der Waals surface area contributed by atoms with Crippen molar-refractivity contribution in [3.8, 4) is 11.5 Å². The van der Waals surface area contributed by atoms with Crippen LogP contribution in [0.1, 0.15) is 76.7 Å². The van der Waals surface area contributed by atoms with Gasteiger partial charge in [-0.2, -0.15) is 0 Å². The fraction of sp³-hybridized carbons (Fsp3) is 0.619. The van der Waals surface area contributed by atoms with Crippen LogP contribution in [0, 0.1) is 12.6 Å². The summed E-state index contributed by atoms with van der Waals surface area (Å²) < 4.78 is 10.9. The summed E-state index contributed by atoms with van der Waals surface area (Å²) in [6, 6.07) is 6.72. The molecule has 1 aromatic carbocycles. The zero-order valence-electron chi connectivity index (χ0n) is 14.9. The van der Waals surface area contributed by atoms with Gasteiger partial charge in [0.15, 0.2) is 0 Å². The van der Waals surface area contributed by atoms with Gasteiger partial charge in [-0.3, -0.25) is 0 Å². The Balaban J connectivity index is 2.04. The Bertz CT molecular complexity index is 426. The highest BCUT2D eigenvalue weighted by atomic mass is 16.5. The highest BCUT2D eigenvalue weighted by Crippen LogP contribution is 2.24. The van der Waals surface area contributed by atoms with E-state index in [0.29, 0.717) is 0 Å². The Morgan fingerprint density at radius 1 is 1.00 bits per heavy atom. The van der Waals surface area contributed by atoms with E-state index in [4.69, 9.17) is 16.1 Å². The minimum absolute atomic E-state index is 0.721. The van der Waals surface area contributed by atoms with E-state index in [-0.39, 0.29) is 0 Å². The molecule has 0 aliphatic rings. The number of hydrogen-bond donors (Lipinski definition) is 0. The first-order valence-corrected chi connectivity index (χ1v) is 9.09. The molecule has 0 spiro atoms. The van der Waals surface area contributed by atoms with Crippen molar-refractivity contribution in [1.29, 1.82) is 0 Å². The van der Waals surface area contributed by atoms with E-state index in [1.165, 1.54) is 63.9 Å². The first-order valence-electron chi connectivity index (χ1n) is 9.09. The van der Waals surface area contributed by atoms with Crippen LogP contribution < -0.4 is 9.47 Å². The minimum Gasteiger partial charge on any atom is -0.496 e. The molecule has 1 aromatic rings. The maximum Gasteiger partial charge on any atom is 0.128 e. The lowest BCUT2D eigenvalue weighted by molar-refractivity contribution is 0.303. The Hall–Kier alpha value is -1.44. The van der Waals surface area contributed by atoms with Crippen LogP contribution in [-0.2, 0) is 0 Å². The molecule has 1 rings (SSSR count). The van der Waals surface area contributed by atoms with Gasteiger partial charge in [0.25, 0.3) is 0 Å². The Labute approximate surface area is 142 Å². The number of rotatable bonds is 14. The average Bonchev–Trinajstić information content (AvgIpc) is 2.59. The molecule has 23 heavy (non-hydrogen) atoms. The number of methoxy groups -OCH3 is 1. The molecule has 0 fully saturated rings. The molecule has 2 nitrogen and oxygen atoms in total. The molecule has 0 amide bonds. The summed E-state index contributed by atoms with van der Waals surface area (Å²) in [6.45, 7) is 8.59. The van der Waals surface area contributed by atoms with Crippen molar-refractivity contribution in [2.24, 2.45) is 0 Å². The van der Waals surface area contributed by atoms with Gasteiger partial charge in [-0.25, -0.2) is 0 Å². The molecular weight excluding hydrogens is 284 g/mol. The lowest BCUT2D eigenvalue weighted by Gasteiger charge is -2.09. The number of hydrogen-bond acceptors (Lipinski definition) is 2. The molecule has 0 saturated heterocycles. The van der Waals surface area contributed by atoms with E-state index in [2.05, 4.69) is 13.0 Å². The third-order valence-corrected chi connectivity index (χ3v) is 4.07. The van der Waals surface area contributed by atoms with E-state index in [0.717, 1.165) is 30.1 Å². The molecular formula is C21H32O2. The number of ether oxygens (including phenoxy) is 2. The molecule has 0 unspecified atom stereocenters. The summed E-state index contributed by atoms with van der Waals surface area (Å²) in [5, 5.41) is 0. The molecule has 0 atom stereocenters. The molecule has 2 radical (unpaired) electrons. The van der Waals surface area contributed by atoms with E-state index in [1.807, 2.05) is 6.07 Å². The summed E-state index contributed by atoms with van der Waals surface area (Å²) in [4.78, 5) is 0. The van der Waals surface area contributed by atoms with Crippen LogP contribution in [0.25, 0.3) is 6.08 Å². The second-order valence-electron chi connectivity index (χ2n) is 6.02. The van der Waals surface area contributed by atoms with Crippen LogP contribution in [0.2, 0.25) is 0 Å². The average molecular weight is 316 g/mol. The van der Waals surface area contributed by atoms with Crippen LogP contribution in [0.15, 0.2) is 12.1 Å². The van der Waals surface area contributed by atoms with Crippen molar-refractivity contribution in [2.75, 3.05) is 13.7 Å². The molecule has 128 valence electrons. The summed E-state index contributed by atoms with van der Waals surface area (Å²) in [5.41, 5.74) is 0.837. The molecule has 0 N–H and O–H groups in total. The van der Waals surface area contributed by atoms with E-state index in [1.54, 1.807) is 13.2 Å². The first-order chi connectivity index (χ1) is 11.3. The Kier molecular flexibility index (Phi) is 11.1. The second-order valence-corrected chi connectivity index (χ2v) is 6.02. The molecule has 2 heteroatoms. The van der Waals surface area contributed by atoms with Crippen LogP contribution >= 0.6 is 0 Å². The van der Waals surface area contributed by atoms with Crippen molar-refractivity contribution < 1.29 is 9.47 Å². The summed E-state index contributed by atoms with van der Waals surface area (Å²) in [6.07, 6.45) is 14.8. The zero-order chi connectivity index (χ0) is 16.8. The standard InChI is InChI=1S/C21H32O2/c1-4-6-7-8-9-10-11-12-13-14-17-23-20-15-16-21(22-3)19(5-2)18-20/h2,5,16,18H,4,6-14,17H2,1,3H3. The van der Waals surface area contributed by atoms with Gasteiger partial charge in [-0.1, -0.05) is 77.4 Å². The van der Waals surface area contributed by atoms with Gasteiger partial charge in [0.05, 0.1) is 13.7 Å². The second kappa shape index (κ2) is 13.0. The van der Waals surface area contributed by atoms with Crippen molar-refractivity contribution in [3.05, 3.63) is 30.3 Å². The minimum atomic E-state index is 0.721. The molecule has 0 aliphatic carbocycles. The van der Waals surface area contributed by atoms with Crippen molar-refractivity contribution >= 4 is 6.08 Å². The fourth-order valence-electron chi connectivity index (χ4n) is 2.64. The Morgan fingerprint density at radius 2 is 1.61 bits per heavy atom. The van der Waals surface area contributed by atoms with Gasteiger partial charge in [-0.15, -0.1) is 0 Å². The molecule has 0 aromatic heterocycles. The van der Waals surface area contributed by atoms with Crippen LogP contribution in [0.5, 0.6) is 11.5 Å². The van der Waals surface area contributed by atoms with Crippen molar-refractivity contribution in [3.63, 3.8) is 0 Å². The van der Waals surface area contributed by atoms with Crippen LogP contribution in [0.3, 0.4) is 0 Å². The Morgan fingerprint density at radius 3 is 2.17 bits per heavy atom. The molecule has 0 bridgehead atoms. The van der Waals surface area contributed by atoms with Gasteiger partial charge >= 0.3 is 0 Å². The monoisotopic (exact) mass is 316 g/mol. The third-order valence-electron chi connectivity index (χ3n) is 4.07. The summed E-state index contributed by atoms with van der Waals surface area (Å²) in [5.74, 6) is 1.46. The van der Waals surface area contributed by atoms with Crippen molar-refractivity contribution in [2.45, 2.75) is 71.1 Å². The van der Waals surface area contributed by atoms with Gasteiger partial charge in [0, 0.05) is 11.6 Å². The largest absolute Gasteiger partial charge is 0.496 e. The predicted octanol–water partition coefficient (Wildman–Crippen LogP) is 6.24. The first kappa shape index (κ1) is 19.6. The van der Waals surface area contributed by atoms with E-state index < -0.39 is 0 Å². The van der Waals surface area contributed by atoms with E-state index in [9.17, 15) is 0 Å². The van der Waals surface area contributed by atoms with Gasteiger partial charge in [-0.05, 0) is 18.6 Å². The molecule has 0 heterocycles. The third kappa shape index (κ3) is 8.68. The topological polar surface area (TPSA) is 18.5 Å².